The first-order valence-corrected chi connectivity index (χ1v) is 7.51. The Bertz CT molecular complexity index is 519. The van der Waals surface area contributed by atoms with Crippen LogP contribution in [0, 0.1) is 35.3 Å². The van der Waals surface area contributed by atoms with E-state index < -0.39 is 17.7 Å². The summed E-state index contributed by atoms with van der Waals surface area (Å²) < 4.78 is 26.4. The number of nitrogens with one attached hydrogen (secondary N) is 1. The molecule has 3 aliphatic rings. The highest BCUT2D eigenvalue weighted by atomic mass is 19.1. The maximum absolute atomic E-state index is 13.6. The van der Waals surface area contributed by atoms with Crippen molar-refractivity contribution in [1.29, 1.82) is 0 Å². The molecule has 3 saturated carbocycles. The van der Waals surface area contributed by atoms with Gasteiger partial charge in [0, 0.05) is 24.2 Å². The minimum atomic E-state index is -0.908. The van der Waals surface area contributed by atoms with E-state index in [4.69, 9.17) is 0 Å². The Morgan fingerprint density at radius 1 is 1.20 bits per heavy atom. The lowest BCUT2D eigenvalue weighted by molar-refractivity contribution is 0.167. The second-order valence-corrected chi connectivity index (χ2v) is 6.60. The summed E-state index contributed by atoms with van der Waals surface area (Å²) in [6.07, 6.45) is 3.20. The zero-order valence-electron chi connectivity index (χ0n) is 11.2. The number of hydrogen-bond donors (Lipinski definition) is 2. The topological polar surface area (TPSA) is 32.3 Å². The van der Waals surface area contributed by atoms with Gasteiger partial charge in [0.15, 0.2) is 0 Å². The van der Waals surface area contributed by atoms with Gasteiger partial charge in [0.2, 0.25) is 0 Å². The zero-order chi connectivity index (χ0) is 13.9. The van der Waals surface area contributed by atoms with Gasteiger partial charge in [0.25, 0.3) is 0 Å². The molecule has 0 aliphatic heterocycles. The van der Waals surface area contributed by atoms with Crippen molar-refractivity contribution in [3.8, 4) is 0 Å². The van der Waals surface area contributed by atoms with Crippen LogP contribution >= 0.6 is 0 Å². The van der Waals surface area contributed by atoms with Crippen LogP contribution in [-0.4, -0.2) is 17.7 Å². The van der Waals surface area contributed by atoms with Crippen LogP contribution in [0.15, 0.2) is 18.2 Å². The van der Waals surface area contributed by atoms with Gasteiger partial charge >= 0.3 is 0 Å². The molecule has 2 bridgehead atoms. The predicted molar refractivity (Wildman–Crippen MR) is 70.9 cm³/mol. The zero-order valence-corrected chi connectivity index (χ0v) is 11.2. The Hall–Kier alpha value is -1.00. The predicted octanol–water partition coefficient (Wildman–Crippen LogP) is 2.63. The highest BCUT2D eigenvalue weighted by molar-refractivity contribution is 5.22. The summed E-state index contributed by atoms with van der Waals surface area (Å²) in [5.41, 5.74) is 0.174. The molecule has 3 fully saturated rings. The fourth-order valence-corrected chi connectivity index (χ4v) is 4.73. The monoisotopic (exact) mass is 279 g/mol. The summed E-state index contributed by atoms with van der Waals surface area (Å²) in [6.45, 7) is 0.347. The van der Waals surface area contributed by atoms with E-state index in [-0.39, 0.29) is 5.56 Å². The first-order chi connectivity index (χ1) is 9.65. The van der Waals surface area contributed by atoms with E-state index in [0.29, 0.717) is 12.6 Å². The fraction of sp³-hybridized carbons (Fsp3) is 0.625. The standard InChI is InChI=1S/C16H19F2NO/c17-10-3-4-11(12(18)6-10)13(20)7-19-16-14-8-1-2-9(5-8)15(14)16/h3-4,6,8-9,13-16,19-20H,1-2,5,7H2. The van der Waals surface area contributed by atoms with Gasteiger partial charge in [-0.3, -0.25) is 0 Å². The van der Waals surface area contributed by atoms with Gasteiger partial charge in [-0.05, 0) is 49.0 Å². The average molecular weight is 279 g/mol. The Morgan fingerprint density at radius 2 is 1.90 bits per heavy atom. The number of halogens is 2. The molecule has 0 saturated heterocycles. The number of rotatable bonds is 4. The van der Waals surface area contributed by atoms with E-state index in [9.17, 15) is 13.9 Å². The first kappa shape index (κ1) is 12.7. The third kappa shape index (κ3) is 1.89. The molecule has 0 amide bonds. The van der Waals surface area contributed by atoms with Gasteiger partial charge in [-0.25, -0.2) is 8.78 Å². The molecule has 0 heterocycles. The lowest BCUT2D eigenvalue weighted by Gasteiger charge is -2.15. The molecule has 20 heavy (non-hydrogen) atoms. The molecule has 1 aromatic carbocycles. The summed E-state index contributed by atoms with van der Waals surface area (Å²) in [7, 11) is 0. The van der Waals surface area contributed by atoms with Crippen LogP contribution < -0.4 is 5.32 Å². The van der Waals surface area contributed by atoms with Crippen LogP contribution in [0.5, 0.6) is 0 Å². The Morgan fingerprint density at radius 3 is 2.55 bits per heavy atom. The summed E-state index contributed by atoms with van der Waals surface area (Å²) in [5, 5.41) is 13.4. The molecule has 2 N–H and O–H groups in total. The van der Waals surface area contributed by atoms with Crippen molar-refractivity contribution in [2.75, 3.05) is 6.54 Å². The van der Waals surface area contributed by atoms with Crippen molar-refractivity contribution in [3.05, 3.63) is 35.4 Å². The molecule has 4 rings (SSSR count). The Kier molecular flexibility index (Phi) is 2.86. The second kappa shape index (κ2) is 4.50. The van der Waals surface area contributed by atoms with Crippen molar-refractivity contribution >= 4 is 0 Å². The normalized spacial score (nSPS) is 38.9. The maximum atomic E-state index is 13.6. The van der Waals surface area contributed by atoms with Crippen LogP contribution in [0.25, 0.3) is 0 Å². The number of benzene rings is 1. The lowest BCUT2D eigenvalue weighted by atomic mass is 10.0. The first-order valence-electron chi connectivity index (χ1n) is 7.51. The van der Waals surface area contributed by atoms with E-state index in [1.54, 1.807) is 0 Å². The Balaban J connectivity index is 1.36. The molecule has 1 aromatic rings. The summed E-state index contributed by atoms with van der Waals surface area (Å²) >= 11 is 0. The third-order valence-corrected chi connectivity index (χ3v) is 5.60. The van der Waals surface area contributed by atoms with Crippen molar-refractivity contribution in [1.82, 2.24) is 5.32 Å². The van der Waals surface area contributed by atoms with E-state index in [1.165, 1.54) is 31.4 Å². The van der Waals surface area contributed by atoms with Crippen LogP contribution in [0.2, 0.25) is 0 Å². The van der Waals surface area contributed by atoms with E-state index in [1.807, 2.05) is 0 Å². The highest BCUT2D eigenvalue weighted by Crippen LogP contribution is 2.65. The van der Waals surface area contributed by atoms with Crippen molar-refractivity contribution < 1.29 is 13.9 Å². The minimum absolute atomic E-state index is 0.174. The van der Waals surface area contributed by atoms with Gasteiger partial charge in [0.05, 0.1) is 6.10 Å². The van der Waals surface area contributed by atoms with Gasteiger partial charge in [-0.2, -0.15) is 0 Å². The summed E-state index contributed by atoms with van der Waals surface area (Å²) in [4.78, 5) is 0. The number of aliphatic hydroxyl groups excluding tert-OH is 1. The SMILES string of the molecule is OC(CNC1C2C3CCC(C3)C12)c1ccc(F)cc1F. The third-order valence-electron chi connectivity index (χ3n) is 5.60. The van der Waals surface area contributed by atoms with E-state index >= 15 is 0 Å². The number of hydrogen-bond acceptors (Lipinski definition) is 2. The largest absolute Gasteiger partial charge is 0.387 e. The van der Waals surface area contributed by atoms with Gasteiger partial charge in [-0.1, -0.05) is 6.07 Å². The lowest BCUT2D eigenvalue weighted by Crippen LogP contribution is -2.28. The summed E-state index contributed by atoms with van der Waals surface area (Å²) in [5.74, 6) is 2.05. The molecule has 108 valence electrons. The second-order valence-electron chi connectivity index (χ2n) is 6.60. The quantitative estimate of drug-likeness (QED) is 0.888. The molecule has 2 nitrogen and oxygen atoms in total. The molecule has 3 aliphatic carbocycles. The number of fused-ring (bicyclic) bond motifs is 5. The average Bonchev–Trinajstić information content (AvgIpc) is 2.79. The fourth-order valence-electron chi connectivity index (χ4n) is 4.73. The van der Waals surface area contributed by atoms with Crippen molar-refractivity contribution in [2.24, 2.45) is 23.7 Å². The molecule has 0 spiro atoms. The van der Waals surface area contributed by atoms with Crippen molar-refractivity contribution in [3.63, 3.8) is 0 Å². The molecule has 0 aromatic heterocycles. The molecule has 5 atom stereocenters. The molecular weight excluding hydrogens is 260 g/mol. The molecular formula is C16H19F2NO. The van der Waals surface area contributed by atoms with Gasteiger partial charge < -0.3 is 10.4 Å². The number of aliphatic hydroxyl groups is 1. The molecule has 0 radical (unpaired) electrons. The minimum Gasteiger partial charge on any atom is -0.387 e. The van der Waals surface area contributed by atoms with Crippen LogP contribution in [-0.2, 0) is 0 Å². The smallest absolute Gasteiger partial charge is 0.131 e. The van der Waals surface area contributed by atoms with Crippen molar-refractivity contribution in [2.45, 2.75) is 31.4 Å². The van der Waals surface area contributed by atoms with E-state index in [0.717, 1.165) is 29.7 Å². The van der Waals surface area contributed by atoms with Gasteiger partial charge in [0.1, 0.15) is 11.6 Å². The van der Waals surface area contributed by atoms with Gasteiger partial charge in [-0.15, -0.1) is 0 Å². The molecule has 4 heteroatoms. The van der Waals surface area contributed by atoms with Crippen LogP contribution in [0.3, 0.4) is 0 Å². The highest BCUT2D eigenvalue weighted by Gasteiger charge is 2.64. The maximum Gasteiger partial charge on any atom is 0.131 e. The van der Waals surface area contributed by atoms with Crippen LogP contribution in [0.4, 0.5) is 8.78 Å². The molecule has 5 unspecified atom stereocenters. The van der Waals surface area contributed by atoms with E-state index in [2.05, 4.69) is 5.32 Å². The Labute approximate surface area is 117 Å². The summed E-state index contributed by atoms with van der Waals surface area (Å²) in [6, 6.07) is 3.85. The van der Waals surface area contributed by atoms with Crippen LogP contribution in [0.1, 0.15) is 30.9 Å².